The van der Waals surface area contributed by atoms with Gasteiger partial charge in [0.15, 0.2) is 0 Å². The van der Waals surface area contributed by atoms with Gasteiger partial charge in [0.2, 0.25) is 5.91 Å². The molecule has 2 heterocycles. The number of nitrogens with zero attached hydrogens (tertiary/aromatic N) is 2. The Hall–Kier alpha value is -0.980. The van der Waals surface area contributed by atoms with Crippen molar-refractivity contribution < 1.29 is 9.90 Å². The second-order valence-corrected chi connectivity index (χ2v) is 6.88. The minimum Gasteiger partial charge on any atom is -0.388 e. The number of rotatable bonds is 4. The number of halogens is 1. The zero-order valence-corrected chi connectivity index (χ0v) is 13.8. The summed E-state index contributed by atoms with van der Waals surface area (Å²) < 4.78 is 1.57. The highest BCUT2D eigenvalue weighted by atomic mass is 35.5. The number of thioether (sulfide) groups is 1. The van der Waals surface area contributed by atoms with Crippen molar-refractivity contribution in [1.29, 1.82) is 0 Å². The van der Waals surface area contributed by atoms with Gasteiger partial charge in [-0.05, 0) is 37.3 Å². The lowest BCUT2D eigenvalue weighted by Gasteiger charge is -2.31. The summed E-state index contributed by atoms with van der Waals surface area (Å²) in [6.45, 7) is 2.13. The summed E-state index contributed by atoms with van der Waals surface area (Å²) in [5, 5.41) is 17.7. The maximum absolute atomic E-state index is 11.8. The molecular formula is C14H20ClN3O2S. The molecule has 1 amide bonds. The number of aromatic nitrogens is 2. The highest BCUT2D eigenvalue weighted by Gasteiger charge is 2.29. The molecule has 1 fully saturated rings. The van der Waals surface area contributed by atoms with E-state index in [1.165, 1.54) is 6.08 Å². The largest absolute Gasteiger partial charge is 0.388 e. The molecule has 1 saturated heterocycles. The van der Waals surface area contributed by atoms with Crippen LogP contribution >= 0.6 is 23.4 Å². The molecule has 0 spiro atoms. The van der Waals surface area contributed by atoms with Crippen molar-refractivity contribution in [2.75, 3.05) is 18.1 Å². The molecule has 0 aliphatic carbocycles. The lowest BCUT2D eigenvalue weighted by Crippen LogP contribution is -2.44. The molecule has 1 aliphatic heterocycles. The first-order chi connectivity index (χ1) is 9.91. The lowest BCUT2D eigenvalue weighted by molar-refractivity contribution is -0.117. The van der Waals surface area contributed by atoms with Gasteiger partial charge in [0.05, 0.1) is 11.3 Å². The topological polar surface area (TPSA) is 67.2 Å². The number of aryl methyl sites for hydroxylation is 2. The van der Waals surface area contributed by atoms with E-state index in [9.17, 15) is 9.90 Å². The highest BCUT2D eigenvalue weighted by Crippen LogP contribution is 2.26. The van der Waals surface area contributed by atoms with Gasteiger partial charge in [0.1, 0.15) is 5.15 Å². The molecule has 2 N–H and O–H groups in total. The maximum atomic E-state index is 11.8. The number of carbonyl (C=O) groups is 1. The van der Waals surface area contributed by atoms with E-state index in [0.717, 1.165) is 35.6 Å². The van der Waals surface area contributed by atoms with Gasteiger partial charge >= 0.3 is 0 Å². The fraction of sp³-hybridized carbons (Fsp3) is 0.571. The van der Waals surface area contributed by atoms with E-state index >= 15 is 0 Å². The zero-order valence-electron chi connectivity index (χ0n) is 12.2. The van der Waals surface area contributed by atoms with Gasteiger partial charge in [-0.1, -0.05) is 11.6 Å². The molecule has 116 valence electrons. The molecular weight excluding hydrogens is 310 g/mol. The summed E-state index contributed by atoms with van der Waals surface area (Å²) in [6.07, 6.45) is 4.52. The Bertz CT molecular complexity index is 551. The number of amides is 1. The molecule has 2 rings (SSSR count). The van der Waals surface area contributed by atoms with Gasteiger partial charge < -0.3 is 10.4 Å². The summed E-state index contributed by atoms with van der Waals surface area (Å²) in [5.74, 6) is 1.64. The predicted molar refractivity (Wildman–Crippen MR) is 86.5 cm³/mol. The van der Waals surface area contributed by atoms with Crippen LogP contribution in [0, 0.1) is 6.92 Å². The minimum atomic E-state index is -0.767. The van der Waals surface area contributed by atoms with Gasteiger partial charge in [-0.25, -0.2) is 0 Å². The van der Waals surface area contributed by atoms with Crippen LogP contribution in [0.5, 0.6) is 0 Å². The number of nitrogens with one attached hydrogen (secondary N) is 1. The second kappa shape index (κ2) is 6.85. The second-order valence-electron chi connectivity index (χ2n) is 5.30. The average molecular weight is 330 g/mol. The quantitative estimate of drug-likeness (QED) is 0.826. The van der Waals surface area contributed by atoms with Gasteiger partial charge in [-0.2, -0.15) is 16.9 Å². The minimum absolute atomic E-state index is 0.235. The molecule has 0 saturated carbocycles. The Morgan fingerprint density at radius 1 is 1.57 bits per heavy atom. The van der Waals surface area contributed by atoms with Crippen molar-refractivity contribution in [2.24, 2.45) is 7.05 Å². The van der Waals surface area contributed by atoms with Crippen molar-refractivity contribution in [1.82, 2.24) is 15.1 Å². The number of hydrogen-bond acceptors (Lipinski definition) is 4. The van der Waals surface area contributed by atoms with Crippen LogP contribution in [0.2, 0.25) is 5.15 Å². The first-order valence-electron chi connectivity index (χ1n) is 6.86. The Kier molecular flexibility index (Phi) is 5.35. The van der Waals surface area contributed by atoms with Crippen molar-refractivity contribution in [3.8, 4) is 0 Å². The molecule has 0 unspecified atom stereocenters. The summed E-state index contributed by atoms with van der Waals surface area (Å²) in [4.78, 5) is 11.8. The Labute approximate surface area is 133 Å². The van der Waals surface area contributed by atoms with E-state index in [0.29, 0.717) is 5.15 Å². The molecule has 21 heavy (non-hydrogen) atoms. The molecule has 5 nitrogen and oxygen atoms in total. The smallest absolute Gasteiger partial charge is 0.244 e. The van der Waals surface area contributed by atoms with E-state index in [-0.39, 0.29) is 12.5 Å². The van der Waals surface area contributed by atoms with E-state index in [4.69, 9.17) is 11.6 Å². The van der Waals surface area contributed by atoms with Crippen LogP contribution < -0.4 is 5.32 Å². The van der Waals surface area contributed by atoms with Crippen LogP contribution in [-0.2, 0) is 11.8 Å². The fourth-order valence-electron chi connectivity index (χ4n) is 2.23. The third-order valence-electron chi connectivity index (χ3n) is 3.61. The van der Waals surface area contributed by atoms with Crippen molar-refractivity contribution in [2.45, 2.75) is 25.4 Å². The highest BCUT2D eigenvalue weighted by molar-refractivity contribution is 7.99. The molecule has 0 aromatic carbocycles. The van der Waals surface area contributed by atoms with Gasteiger partial charge in [0.25, 0.3) is 0 Å². The van der Waals surface area contributed by atoms with Crippen LogP contribution in [0.4, 0.5) is 0 Å². The van der Waals surface area contributed by atoms with Crippen LogP contribution in [0.25, 0.3) is 6.08 Å². The first-order valence-corrected chi connectivity index (χ1v) is 8.40. The standard InChI is InChI=1S/C14H20ClN3O2S/c1-10-11(13(15)18(2)17-10)3-4-12(19)16-9-14(20)5-7-21-8-6-14/h3-4,20H,5-9H2,1-2H3,(H,16,19). The Balaban J connectivity index is 1.91. The zero-order chi connectivity index (χ0) is 15.5. The molecule has 7 heteroatoms. The predicted octanol–water partition coefficient (Wildman–Crippen LogP) is 1.77. The Morgan fingerprint density at radius 2 is 2.24 bits per heavy atom. The monoisotopic (exact) mass is 329 g/mol. The fourth-order valence-corrected chi connectivity index (χ4v) is 3.72. The van der Waals surface area contributed by atoms with E-state index in [1.54, 1.807) is 17.8 Å². The third-order valence-corrected chi connectivity index (χ3v) is 5.05. The average Bonchev–Trinajstić information content (AvgIpc) is 2.69. The SMILES string of the molecule is Cc1nn(C)c(Cl)c1C=CC(=O)NCC1(O)CCSCC1. The molecule has 1 aromatic heterocycles. The van der Waals surface area contributed by atoms with Gasteiger partial charge in [-0.15, -0.1) is 0 Å². The van der Waals surface area contributed by atoms with Crippen LogP contribution in [0.3, 0.4) is 0 Å². The van der Waals surface area contributed by atoms with Crippen molar-refractivity contribution in [3.05, 3.63) is 22.5 Å². The van der Waals surface area contributed by atoms with Crippen molar-refractivity contribution >= 4 is 35.3 Å². The molecule has 0 bridgehead atoms. The molecule has 0 atom stereocenters. The van der Waals surface area contributed by atoms with E-state index < -0.39 is 5.60 Å². The summed E-state index contributed by atoms with van der Waals surface area (Å²) in [5.41, 5.74) is 0.743. The van der Waals surface area contributed by atoms with E-state index in [2.05, 4.69) is 10.4 Å². The summed E-state index contributed by atoms with van der Waals surface area (Å²) in [6, 6.07) is 0. The van der Waals surface area contributed by atoms with Gasteiger partial charge in [-0.3, -0.25) is 9.48 Å². The molecule has 0 radical (unpaired) electrons. The molecule has 1 aliphatic rings. The van der Waals surface area contributed by atoms with Crippen molar-refractivity contribution in [3.63, 3.8) is 0 Å². The Morgan fingerprint density at radius 3 is 2.81 bits per heavy atom. The van der Waals surface area contributed by atoms with Crippen LogP contribution in [0.15, 0.2) is 6.08 Å². The van der Waals surface area contributed by atoms with Crippen LogP contribution in [0.1, 0.15) is 24.1 Å². The normalized spacial score (nSPS) is 18.1. The lowest BCUT2D eigenvalue weighted by atomic mass is 9.97. The number of hydrogen-bond donors (Lipinski definition) is 2. The maximum Gasteiger partial charge on any atom is 0.244 e. The summed E-state index contributed by atoms with van der Waals surface area (Å²) in [7, 11) is 1.75. The number of carbonyl (C=O) groups excluding carboxylic acids is 1. The number of aliphatic hydroxyl groups is 1. The third kappa shape index (κ3) is 4.25. The van der Waals surface area contributed by atoms with E-state index in [1.807, 2.05) is 18.7 Å². The van der Waals surface area contributed by atoms with Gasteiger partial charge in [0, 0.05) is 25.2 Å². The first kappa shape index (κ1) is 16.4. The summed E-state index contributed by atoms with van der Waals surface area (Å²) >= 11 is 7.93. The molecule has 1 aromatic rings. The van der Waals surface area contributed by atoms with Crippen LogP contribution in [-0.4, -0.2) is 44.4 Å².